The van der Waals surface area contributed by atoms with Gasteiger partial charge >= 0.3 is 0 Å². The highest BCUT2D eigenvalue weighted by atomic mass is 32.1. The summed E-state index contributed by atoms with van der Waals surface area (Å²) in [6.07, 6.45) is 0.995. The Kier molecular flexibility index (Phi) is 5.71. The van der Waals surface area contributed by atoms with Gasteiger partial charge in [0.25, 0.3) is 5.91 Å². The van der Waals surface area contributed by atoms with Crippen molar-refractivity contribution in [2.24, 2.45) is 0 Å². The van der Waals surface area contributed by atoms with Crippen LogP contribution in [0, 0.1) is 0 Å². The predicted molar refractivity (Wildman–Crippen MR) is 69.5 cm³/mol. The van der Waals surface area contributed by atoms with Crippen molar-refractivity contribution >= 4 is 28.2 Å². The van der Waals surface area contributed by atoms with Gasteiger partial charge in [-0.1, -0.05) is 18.3 Å². The zero-order valence-corrected chi connectivity index (χ0v) is 10.9. The summed E-state index contributed by atoms with van der Waals surface area (Å²) in [5.74, 6) is 0.0603. The first-order valence-electron chi connectivity index (χ1n) is 5.46. The van der Waals surface area contributed by atoms with Crippen LogP contribution in [0.15, 0.2) is 0 Å². The van der Waals surface area contributed by atoms with Gasteiger partial charge in [-0.2, -0.15) is 0 Å². The Morgan fingerprint density at radius 3 is 2.94 bits per heavy atom. The summed E-state index contributed by atoms with van der Waals surface area (Å²) in [6, 6.07) is 0. The minimum atomic E-state index is -0.207. The lowest BCUT2D eigenvalue weighted by Crippen LogP contribution is -2.26. The number of carbonyl (C=O) groups is 1. The van der Waals surface area contributed by atoms with Gasteiger partial charge in [-0.05, 0) is 6.42 Å². The number of nitrogen functional groups attached to an aromatic ring is 1. The maximum Gasteiger partial charge on any atom is 0.265 e. The molecule has 0 fully saturated rings. The maximum atomic E-state index is 11.7. The van der Waals surface area contributed by atoms with Gasteiger partial charge in [-0.3, -0.25) is 4.79 Å². The number of anilines is 2. The molecular weight excluding hydrogens is 240 g/mol. The quantitative estimate of drug-likeness (QED) is 0.633. The number of nitrogens with one attached hydrogen (secondary N) is 2. The van der Waals surface area contributed by atoms with E-state index in [4.69, 9.17) is 10.5 Å². The standard InChI is InChI=1S/C10H18N4O2S/c1-3-4-13-10-14-8(11)7(17-10)9(15)12-5-6-16-2/h3-6,11H2,1-2H3,(H,12,15)(H,13,14). The van der Waals surface area contributed by atoms with Crippen LogP contribution in [-0.2, 0) is 4.74 Å². The van der Waals surface area contributed by atoms with E-state index in [9.17, 15) is 4.79 Å². The molecule has 1 aromatic heterocycles. The summed E-state index contributed by atoms with van der Waals surface area (Å²) in [5, 5.41) is 6.49. The number of carbonyl (C=O) groups excluding carboxylic acids is 1. The van der Waals surface area contributed by atoms with Crippen LogP contribution in [0.25, 0.3) is 0 Å². The first-order chi connectivity index (χ1) is 8.19. The zero-order chi connectivity index (χ0) is 12.7. The third-order valence-corrected chi connectivity index (χ3v) is 3.01. The topological polar surface area (TPSA) is 89.3 Å². The lowest BCUT2D eigenvalue weighted by molar-refractivity contribution is 0.0942. The number of hydrogen-bond donors (Lipinski definition) is 3. The molecule has 0 aliphatic carbocycles. The molecule has 1 rings (SSSR count). The van der Waals surface area contributed by atoms with Gasteiger partial charge < -0.3 is 21.1 Å². The van der Waals surface area contributed by atoms with Gasteiger partial charge in [0.15, 0.2) is 5.13 Å². The summed E-state index contributed by atoms with van der Waals surface area (Å²) >= 11 is 1.27. The van der Waals surface area contributed by atoms with Crippen molar-refractivity contribution in [2.75, 3.05) is 37.9 Å². The molecule has 1 amide bonds. The number of rotatable bonds is 7. The van der Waals surface area contributed by atoms with E-state index in [0.717, 1.165) is 13.0 Å². The second kappa shape index (κ2) is 7.08. The Morgan fingerprint density at radius 2 is 2.29 bits per heavy atom. The molecule has 0 radical (unpaired) electrons. The van der Waals surface area contributed by atoms with E-state index in [1.54, 1.807) is 7.11 Å². The number of methoxy groups -OCH3 is 1. The molecule has 4 N–H and O–H groups in total. The summed E-state index contributed by atoms with van der Waals surface area (Å²) < 4.78 is 4.85. The molecule has 0 saturated carbocycles. The molecule has 0 saturated heterocycles. The van der Waals surface area contributed by atoms with Crippen molar-refractivity contribution in [1.82, 2.24) is 10.3 Å². The number of ether oxygens (including phenoxy) is 1. The van der Waals surface area contributed by atoms with Gasteiger partial charge in [0.05, 0.1) is 6.61 Å². The Labute approximate surface area is 105 Å². The molecule has 96 valence electrons. The van der Waals surface area contributed by atoms with Gasteiger partial charge in [0, 0.05) is 20.2 Å². The van der Waals surface area contributed by atoms with Crippen molar-refractivity contribution < 1.29 is 9.53 Å². The fourth-order valence-electron chi connectivity index (χ4n) is 1.15. The molecule has 1 aromatic rings. The molecule has 0 aliphatic heterocycles. The van der Waals surface area contributed by atoms with Crippen molar-refractivity contribution in [2.45, 2.75) is 13.3 Å². The Bertz CT molecular complexity index is 367. The van der Waals surface area contributed by atoms with E-state index in [1.165, 1.54) is 11.3 Å². The fraction of sp³-hybridized carbons (Fsp3) is 0.600. The fourth-order valence-corrected chi connectivity index (χ4v) is 1.98. The average Bonchev–Trinajstić information content (AvgIpc) is 2.68. The average molecular weight is 258 g/mol. The SMILES string of the molecule is CCCNc1nc(N)c(C(=O)NCCOC)s1. The minimum absolute atomic E-state index is 0.207. The lowest BCUT2D eigenvalue weighted by Gasteiger charge is -2.02. The van der Waals surface area contributed by atoms with E-state index >= 15 is 0 Å². The normalized spacial score (nSPS) is 10.2. The van der Waals surface area contributed by atoms with Crippen molar-refractivity contribution in [3.05, 3.63) is 4.88 Å². The van der Waals surface area contributed by atoms with Crippen LogP contribution >= 0.6 is 11.3 Å². The van der Waals surface area contributed by atoms with Gasteiger partial charge in [-0.15, -0.1) is 0 Å². The zero-order valence-electron chi connectivity index (χ0n) is 10.1. The van der Waals surface area contributed by atoms with Gasteiger partial charge in [-0.25, -0.2) is 4.98 Å². The molecule has 0 atom stereocenters. The highest BCUT2D eigenvalue weighted by Gasteiger charge is 2.15. The van der Waals surface area contributed by atoms with Crippen LogP contribution in [0.1, 0.15) is 23.0 Å². The monoisotopic (exact) mass is 258 g/mol. The van der Waals surface area contributed by atoms with Crippen molar-refractivity contribution in [3.63, 3.8) is 0 Å². The molecule has 0 bridgehead atoms. The number of amides is 1. The predicted octanol–water partition coefficient (Wildman–Crippen LogP) is 0.923. The third kappa shape index (κ3) is 4.20. The molecule has 6 nitrogen and oxygen atoms in total. The first-order valence-corrected chi connectivity index (χ1v) is 6.28. The van der Waals surface area contributed by atoms with Crippen LogP contribution in [0.5, 0.6) is 0 Å². The smallest absolute Gasteiger partial charge is 0.265 e. The van der Waals surface area contributed by atoms with Gasteiger partial charge in [0.1, 0.15) is 10.7 Å². The highest BCUT2D eigenvalue weighted by Crippen LogP contribution is 2.24. The number of thiazole rings is 1. The minimum Gasteiger partial charge on any atom is -0.383 e. The Hall–Kier alpha value is -1.34. The summed E-state index contributed by atoms with van der Waals surface area (Å²) in [5.41, 5.74) is 5.69. The Balaban J connectivity index is 2.57. The molecule has 0 unspecified atom stereocenters. The first kappa shape index (κ1) is 13.7. The molecule has 0 spiro atoms. The molecular formula is C10H18N4O2S. The lowest BCUT2D eigenvalue weighted by atomic mass is 10.4. The van der Waals surface area contributed by atoms with E-state index in [2.05, 4.69) is 22.5 Å². The molecule has 0 aliphatic rings. The molecule has 0 aromatic carbocycles. The number of hydrogen-bond acceptors (Lipinski definition) is 6. The van der Waals surface area contributed by atoms with Crippen LogP contribution in [0.3, 0.4) is 0 Å². The van der Waals surface area contributed by atoms with E-state index in [1.807, 2.05) is 0 Å². The van der Waals surface area contributed by atoms with E-state index < -0.39 is 0 Å². The third-order valence-electron chi connectivity index (χ3n) is 1.98. The van der Waals surface area contributed by atoms with E-state index in [-0.39, 0.29) is 11.7 Å². The van der Waals surface area contributed by atoms with Crippen LogP contribution in [0.4, 0.5) is 10.9 Å². The largest absolute Gasteiger partial charge is 0.383 e. The van der Waals surface area contributed by atoms with Gasteiger partial charge in [0.2, 0.25) is 0 Å². The van der Waals surface area contributed by atoms with Crippen molar-refractivity contribution in [1.29, 1.82) is 0 Å². The Morgan fingerprint density at radius 1 is 1.53 bits per heavy atom. The van der Waals surface area contributed by atoms with Crippen molar-refractivity contribution in [3.8, 4) is 0 Å². The maximum absolute atomic E-state index is 11.7. The number of aromatic nitrogens is 1. The second-order valence-electron chi connectivity index (χ2n) is 3.41. The molecule has 17 heavy (non-hydrogen) atoms. The summed E-state index contributed by atoms with van der Waals surface area (Å²) in [4.78, 5) is 16.3. The number of nitrogens with zero attached hydrogens (tertiary/aromatic N) is 1. The molecule has 7 heteroatoms. The van der Waals surface area contributed by atoms with Crippen LogP contribution in [-0.4, -0.2) is 37.7 Å². The molecule has 1 heterocycles. The highest BCUT2D eigenvalue weighted by molar-refractivity contribution is 7.18. The van der Waals surface area contributed by atoms with Crippen LogP contribution in [0.2, 0.25) is 0 Å². The van der Waals surface area contributed by atoms with Crippen LogP contribution < -0.4 is 16.4 Å². The number of nitrogens with two attached hydrogens (primary N) is 1. The summed E-state index contributed by atoms with van der Waals surface area (Å²) in [6.45, 7) is 3.82. The second-order valence-corrected chi connectivity index (χ2v) is 4.41. The summed E-state index contributed by atoms with van der Waals surface area (Å²) in [7, 11) is 1.58. The van der Waals surface area contributed by atoms with E-state index in [0.29, 0.717) is 23.2 Å².